The first-order valence-electron chi connectivity index (χ1n) is 6.80. The summed E-state index contributed by atoms with van der Waals surface area (Å²) in [6.07, 6.45) is 8.75. The Morgan fingerprint density at radius 1 is 1.47 bits per heavy atom. The van der Waals surface area contributed by atoms with E-state index in [0.29, 0.717) is 6.42 Å². The highest BCUT2D eigenvalue weighted by molar-refractivity contribution is 5.98. The predicted octanol–water partition coefficient (Wildman–Crippen LogP) is 2.99. The number of carbonyl (C=O) groups is 1. The van der Waals surface area contributed by atoms with E-state index in [-0.39, 0.29) is 18.2 Å². The molecule has 3 heteroatoms. The molecule has 2 atom stereocenters. The van der Waals surface area contributed by atoms with Crippen LogP contribution in [0.1, 0.15) is 51.9 Å². The third-order valence-electron chi connectivity index (χ3n) is 3.40. The molecule has 0 amide bonds. The van der Waals surface area contributed by atoms with Crippen molar-refractivity contribution in [2.75, 3.05) is 6.61 Å². The number of unbranched alkanes of at least 4 members (excludes halogenated alkanes) is 1. The number of hydrogen-bond donors (Lipinski definition) is 0. The van der Waals surface area contributed by atoms with E-state index >= 15 is 0 Å². The summed E-state index contributed by atoms with van der Waals surface area (Å²) in [5.74, 6) is 0.263. The molecule has 2 unspecified atom stereocenters. The molecule has 0 aromatic rings. The van der Waals surface area contributed by atoms with E-state index in [2.05, 4.69) is 6.92 Å². The average Bonchev–Trinajstić information content (AvgIpc) is 2.68. The van der Waals surface area contributed by atoms with E-state index < -0.39 is 0 Å². The molecule has 1 aliphatic carbocycles. The molecular formula is C14H22O3. The number of rotatable bonds is 5. The van der Waals surface area contributed by atoms with Crippen molar-refractivity contribution in [1.82, 2.24) is 0 Å². The average molecular weight is 238 g/mol. The molecule has 0 spiro atoms. The minimum atomic E-state index is -0.0941. The second-order valence-electron chi connectivity index (χ2n) is 4.89. The zero-order valence-electron chi connectivity index (χ0n) is 10.6. The van der Waals surface area contributed by atoms with Gasteiger partial charge < -0.3 is 9.47 Å². The highest BCUT2D eigenvalue weighted by atomic mass is 16.7. The normalized spacial score (nSPS) is 29.5. The number of ether oxygens (including phenoxy) is 2. The molecule has 0 bridgehead atoms. The Balaban J connectivity index is 1.81. The third kappa shape index (κ3) is 3.65. The number of hydrogen-bond acceptors (Lipinski definition) is 3. The molecule has 17 heavy (non-hydrogen) atoms. The second-order valence-corrected chi connectivity index (χ2v) is 4.89. The molecule has 0 saturated carbocycles. The van der Waals surface area contributed by atoms with Gasteiger partial charge in [-0.1, -0.05) is 13.3 Å². The number of ketones is 1. The van der Waals surface area contributed by atoms with Crippen molar-refractivity contribution in [2.24, 2.45) is 0 Å². The molecule has 1 fully saturated rings. The summed E-state index contributed by atoms with van der Waals surface area (Å²) < 4.78 is 11.3. The van der Waals surface area contributed by atoms with Crippen molar-refractivity contribution in [3.63, 3.8) is 0 Å². The van der Waals surface area contributed by atoms with Gasteiger partial charge in [-0.25, -0.2) is 0 Å². The SMILES string of the molecule is CCCCC1=CC(OC2CCCCO2)CC1=O. The number of Topliss-reactive ketones (excluding diaryl/α,β-unsaturated/α-hetero) is 1. The lowest BCUT2D eigenvalue weighted by molar-refractivity contribution is -0.178. The maximum Gasteiger partial charge on any atom is 0.161 e. The summed E-state index contributed by atoms with van der Waals surface area (Å²) in [5, 5.41) is 0. The van der Waals surface area contributed by atoms with Gasteiger partial charge in [0, 0.05) is 13.0 Å². The fraction of sp³-hybridized carbons (Fsp3) is 0.786. The van der Waals surface area contributed by atoms with Crippen LogP contribution >= 0.6 is 0 Å². The van der Waals surface area contributed by atoms with E-state index in [9.17, 15) is 4.79 Å². The highest BCUT2D eigenvalue weighted by Gasteiger charge is 2.27. The first-order valence-corrected chi connectivity index (χ1v) is 6.80. The molecule has 0 N–H and O–H groups in total. The van der Waals surface area contributed by atoms with Crippen LogP contribution in [0.25, 0.3) is 0 Å². The fourth-order valence-electron chi connectivity index (χ4n) is 2.38. The minimum Gasteiger partial charge on any atom is -0.353 e. The van der Waals surface area contributed by atoms with Crippen LogP contribution in [0.15, 0.2) is 11.6 Å². The molecule has 96 valence electrons. The lowest BCUT2D eigenvalue weighted by Gasteiger charge is -2.24. The molecule has 0 aromatic heterocycles. The van der Waals surface area contributed by atoms with E-state index in [1.807, 2.05) is 6.08 Å². The van der Waals surface area contributed by atoms with Gasteiger partial charge in [-0.05, 0) is 43.8 Å². The predicted molar refractivity (Wildman–Crippen MR) is 65.7 cm³/mol. The van der Waals surface area contributed by atoms with Gasteiger partial charge in [0.05, 0.1) is 6.10 Å². The standard InChI is InChI=1S/C14H22O3/c1-2-3-6-11-9-12(10-13(11)15)17-14-7-4-5-8-16-14/h9,12,14H,2-8,10H2,1H3. The summed E-state index contributed by atoms with van der Waals surface area (Å²) >= 11 is 0. The molecule has 1 heterocycles. The molecule has 0 aromatic carbocycles. The first kappa shape index (κ1) is 12.8. The zero-order valence-corrected chi connectivity index (χ0v) is 10.6. The minimum absolute atomic E-state index is 0.0440. The molecular weight excluding hydrogens is 216 g/mol. The molecule has 1 saturated heterocycles. The Labute approximate surface area is 103 Å². The van der Waals surface area contributed by atoms with Gasteiger partial charge in [0.2, 0.25) is 0 Å². The summed E-state index contributed by atoms with van der Waals surface area (Å²) in [7, 11) is 0. The van der Waals surface area contributed by atoms with Gasteiger partial charge in [-0.3, -0.25) is 4.79 Å². The second kappa shape index (κ2) is 6.31. The molecule has 2 aliphatic rings. The van der Waals surface area contributed by atoms with Crippen molar-refractivity contribution in [3.05, 3.63) is 11.6 Å². The van der Waals surface area contributed by atoms with Crippen LogP contribution in [0, 0.1) is 0 Å². The Morgan fingerprint density at radius 3 is 3.06 bits per heavy atom. The van der Waals surface area contributed by atoms with Gasteiger partial charge in [-0.15, -0.1) is 0 Å². The van der Waals surface area contributed by atoms with Crippen LogP contribution < -0.4 is 0 Å². The van der Waals surface area contributed by atoms with Crippen LogP contribution in [0.5, 0.6) is 0 Å². The van der Waals surface area contributed by atoms with Gasteiger partial charge in [0.15, 0.2) is 12.1 Å². The summed E-state index contributed by atoms with van der Waals surface area (Å²) in [5.41, 5.74) is 0.965. The lowest BCUT2D eigenvalue weighted by atomic mass is 10.1. The maximum atomic E-state index is 11.7. The van der Waals surface area contributed by atoms with E-state index in [1.165, 1.54) is 0 Å². The van der Waals surface area contributed by atoms with Crippen LogP contribution in [0.3, 0.4) is 0 Å². The van der Waals surface area contributed by atoms with Crippen molar-refractivity contribution >= 4 is 5.78 Å². The third-order valence-corrected chi connectivity index (χ3v) is 3.40. The van der Waals surface area contributed by atoms with E-state index in [0.717, 1.165) is 50.7 Å². The van der Waals surface area contributed by atoms with Crippen molar-refractivity contribution < 1.29 is 14.3 Å². The first-order chi connectivity index (χ1) is 8.29. The summed E-state index contributed by atoms with van der Waals surface area (Å²) in [6, 6.07) is 0. The topological polar surface area (TPSA) is 35.5 Å². The fourth-order valence-corrected chi connectivity index (χ4v) is 2.38. The highest BCUT2D eigenvalue weighted by Crippen LogP contribution is 2.25. The molecule has 3 nitrogen and oxygen atoms in total. The van der Waals surface area contributed by atoms with Crippen LogP contribution in [-0.2, 0) is 14.3 Å². The maximum absolute atomic E-state index is 11.7. The van der Waals surface area contributed by atoms with Crippen molar-refractivity contribution in [3.8, 4) is 0 Å². The van der Waals surface area contributed by atoms with E-state index in [1.54, 1.807) is 0 Å². The molecule has 2 rings (SSSR count). The molecule has 0 radical (unpaired) electrons. The number of allylic oxidation sites excluding steroid dienone is 1. The molecule has 1 aliphatic heterocycles. The van der Waals surface area contributed by atoms with E-state index in [4.69, 9.17) is 9.47 Å². The van der Waals surface area contributed by atoms with Crippen molar-refractivity contribution in [1.29, 1.82) is 0 Å². The van der Waals surface area contributed by atoms with Crippen LogP contribution in [0.4, 0.5) is 0 Å². The lowest BCUT2D eigenvalue weighted by Crippen LogP contribution is -2.26. The Bertz CT molecular complexity index is 290. The quantitative estimate of drug-likeness (QED) is 0.738. The van der Waals surface area contributed by atoms with Gasteiger partial charge in [0.1, 0.15) is 0 Å². The summed E-state index contributed by atoms with van der Waals surface area (Å²) in [6.45, 7) is 2.93. The largest absolute Gasteiger partial charge is 0.353 e. The Hall–Kier alpha value is -0.670. The van der Waals surface area contributed by atoms with Gasteiger partial charge in [0.25, 0.3) is 0 Å². The van der Waals surface area contributed by atoms with Crippen molar-refractivity contribution in [2.45, 2.75) is 64.3 Å². The monoisotopic (exact) mass is 238 g/mol. The van der Waals surface area contributed by atoms with Crippen LogP contribution in [0.2, 0.25) is 0 Å². The summed E-state index contributed by atoms with van der Waals surface area (Å²) in [4.78, 5) is 11.7. The van der Waals surface area contributed by atoms with Crippen LogP contribution in [-0.4, -0.2) is 24.8 Å². The number of carbonyl (C=O) groups excluding carboxylic acids is 1. The smallest absolute Gasteiger partial charge is 0.161 e. The Morgan fingerprint density at radius 2 is 2.35 bits per heavy atom. The van der Waals surface area contributed by atoms with Gasteiger partial charge >= 0.3 is 0 Å². The van der Waals surface area contributed by atoms with Gasteiger partial charge in [-0.2, -0.15) is 0 Å². The Kier molecular flexibility index (Phi) is 4.75. The zero-order chi connectivity index (χ0) is 12.1.